The van der Waals surface area contributed by atoms with Gasteiger partial charge in [0.1, 0.15) is 11.6 Å². The van der Waals surface area contributed by atoms with Gasteiger partial charge in [0.15, 0.2) is 0 Å². The number of esters is 2. The number of aromatic nitrogens is 1. The van der Waals surface area contributed by atoms with E-state index in [0.29, 0.717) is 12.2 Å². The first-order chi connectivity index (χ1) is 9.08. The maximum absolute atomic E-state index is 11.3. The average Bonchev–Trinajstić information content (AvgIpc) is 2.40. The average molecular weight is 282 g/mol. The molecule has 5 nitrogen and oxygen atoms in total. The molecule has 100 valence electrons. The van der Waals surface area contributed by atoms with Crippen molar-refractivity contribution < 1.29 is 19.1 Å². The van der Waals surface area contributed by atoms with Crippen LogP contribution in [0, 0.1) is 11.8 Å². The van der Waals surface area contributed by atoms with Gasteiger partial charge in [0.05, 0.1) is 24.8 Å². The van der Waals surface area contributed by atoms with Crippen molar-refractivity contribution in [1.82, 2.24) is 4.98 Å². The Balaban J connectivity index is 2.86. The molecule has 0 aliphatic rings. The molecule has 0 saturated heterocycles. The zero-order chi connectivity index (χ0) is 14.3. The molecule has 1 aromatic heterocycles. The van der Waals surface area contributed by atoms with Crippen LogP contribution in [0.4, 0.5) is 0 Å². The molecule has 6 heteroatoms. The second kappa shape index (κ2) is 7.39. The highest BCUT2D eigenvalue weighted by molar-refractivity contribution is 6.30. The number of ether oxygens (including phenoxy) is 2. The molecular formula is C13H12ClNO4. The molecule has 0 fully saturated rings. The predicted octanol–water partition coefficient (Wildman–Crippen LogP) is 1.83. The standard InChI is InChI=1S/C13H12ClNO4/c1-3-19-11(16)6-4-5-9-7-10(13(17)18-2)8-15-12(9)14/h7-8H,3,6H2,1-2H3. The lowest BCUT2D eigenvalue weighted by Gasteiger charge is -2.00. The molecule has 0 atom stereocenters. The zero-order valence-corrected chi connectivity index (χ0v) is 11.3. The zero-order valence-electron chi connectivity index (χ0n) is 10.5. The van der Waals surface area contributed by atoms with Crippen LogP contribution in [0.2, 0.25) is 5.15 Å². The molecule has 0 radical (unpaired) electrons. The third-order valence-corrected chi connectivity index (χ3v) is 2.32. The lowest BCUT2D eigenvalue weighted by atomic mass is 10.2. The van der Waals surface area contributed by atoms with E-state index in [9.17, 15) is 9.59 Å². The van der Waals surface area contributed by atoms with E-state index in [4.69, 9.17) is 16.3 Å². The highest BCUT2D eigenvalue weighted by Crippen LogP contribution is 2.13. The Morgan fingerprint density at radius 3 is 2.84 bits per heavy atom. The molecule has 19 heavy (non-hydrogen) atoms. The van der Waals surface area contributed by atoms with Gasteiger partial charge in [-0.05, 0) is 13.0 Å². The topological polar surface area (TPSA) is 65.5 Å². The summed E-state index contributed by atoms with van der Waals surface area (Å²) < 4.78 is 9.29. The predicted molar refractivity (Wildman–Crippen MR) is 68.7 cm³/mol. The third kappa shape index (κ3) is 4.60. The van der Waals surface area contributed by atoms with Crippen LogP contribution in [0.15, 0.2) is 12.3 Å². The second-order valence-electron chi connectivity index (χ2n) is 3.34. The van der Waals surface area contributed by atoms with Crippen LogP contribution in [-0.2, 0) is 14.3 Å². The Kier molecular flexibility index (Phi) is 5.83. The van der Waals surface area contributed by atoms with Crippen molar-refractivity contribution >= 4 is 23.5 Å². The summed E-state index contributed by atoms with van der Waals surface area (Å²) in [4.78, 5) is 26.2. The lowest BCUT2D eigenvalue weighted by Crippen LogP contribution is -2.03. The van der Waals surface area contributed by atoms with Gasteiger partial charge in [0.25, 0.3) is 0 Å². The number of carbonyl (C=O) groups is 2. The summed E-state index contributed by atoms with van der Waals surface area (Å²) in [5.41, 5.74) is 0.598. The minimum atomic E-state index is -0.530. The van der Waals surface area contributed by atoms with Crippen molar-refractivity contribution in [3.05, 3.63) is 28.5 Å². The highest BCUT2D eigenvalue weighted by Gasteiger charge is 2.08. The fourth-order valence-electron chi connectivity index (χ4n) is 1.19. The Bertz CT molecular complexity index is 545. The normalized spacial score (nSPS) is 9.21. The van der Waals surface area contributed by atoms with Gasteiger partial charge in [0.2, 0.25) is 0 Å². The van der Waals surface area contributed by atoms with Gasteiger partial charge in [-0.1, -0.05) is 23.4 Å². The molecule has 1 rings (SSSR count). The summed E-state index contributed by atoms with van der Waals surface area (Å²) >= 11 is 5.84. The van der Waals surface area contributed by atoms with Gasteiger partial charge in [-0.3, -0.25) is 4.79 Å². The van der Waals surface area contributed by atoms with Crippen molar-refractivity contribution in [2.24, 2.45) is 0 Å². The van der Waals surface area contributed by atoms with Gasteiger partial charge in [-0.25, -0.2) is 9.78 Å². The van der Waals surface area contributed by atoms with E-state index >= 15 is 0 Å². The van der Waals surface area contributed by atoms with E-state index in [1.807, 2.05) is 0 Å². The minimum Gasteiger partial charge on any atom is -0.465 e. The van der Waals surface area contributed by atoms with E-state index in [2.05, 4.69) is 21.6 Å². The summed E-state index contributed by atoms with van der Waals surface area (Å²) in [6.07, 6.45) is 1.25. The number of carbonyl (C=O) groups excluding carboxylic acids is 2. The smallest absolute Gasteiger partial charge is 0.339 e. The van der Waals surface area contributed by atoms with E-state index in [1.54, 1.807) is 6.92 Å². The van der Waals surface area contributed by atoms with Crippen molar-refractivity contribution in [3.63, 3.8) is 0 Å². The van der Waals surface area contributed by atoms with Crippen LogP contribution in [0.25, 0.3) is 0 Å². The largest absolute Gasteiger partial charge is 0.465 e. The number of halogens is 1. The summed E-state index contributed by atoms with van der Waals surface area (Å²) in [5.74, 6) is 4.34. The molecule has 0 aliphatic carbocycles. The van der Waals surface area contributed by atoms with Crippen LogP contribution in [0.5, 0.6) is 0 Å². The Hall–Kier alpha value is -2.06. The van der Waals surface area contributed by atoms with Crippen LogP contribution in [0.3, 0.4) is 0 Å². The summed E-state index contributed by atoms with van der Waals surface area (Å²) in [7, 11) is 1.27. The second-order valence-corrected chi connectivity index (χ2v) is 3.70. The highest BCUT2D eigenvalue weighted by atomic mass is 35.5. The van der Waals surface area contributed by atoms with Gasteiger partial charge in [-0.15, -0.1) is 0 Å². The number of nitrogens with zero attached hydrogens (tertiary/aromatic N) is 1. The Labute approximate surface area is 115 Å². The molecule has 0 amide bonds. The van der Waals surface area contributed by atoms with E-state index < -0.39 is 11.9 Å². The number of pyridine rings is 1. The minimum absolute atomic E-state index is 0.0490. The molecule has 0 saturated carbocycles. The number of hydrogen-bond acceptors (Lipinski definition) is 5. The fraction of sp³-hybridized carbons (Fsp3) is 0.308. The molecule has 0 bridgehead atoms. The van der Waals surface area contributed by atoms with Crippen molar-refractivity contribution in [2.75, 3.05) is 13.7 Å². The summed E-state index contributed by atoms with van der Waals surface area (Å²) in [5, 5.41) is 0.156. The molecule has 0 aliphatic heterocycles. The maximum Gasteiger partial charge on any atom is 0.339 e. The van der Waals surface area contributed by atoms with Crippen molar-refractivity contribution in [1.29, 1.82) is 0 Å². The van der Waals surface area contributed by atoms with E-state index in [1.165, 1.54) is 19.4 Å². The van der Waals surface area contributed by atoms with Gasteiger partial charge in [-0.2, -0.15) is 0 Å². The molecule has 0 aromatic carbocycles. The molecule has 1 heterocycles. The molecular weight excluding hydrogens is 270 g/mol. The quantitative estimate of drug-likeness (QED) is 0.480. The monoisotopic (exact) mass is 281 g/mol. The van der Waals surface area contributed by atoms with E-state index in [0.717, 1.165) is 0 Å². The lowest BCUT2D eigenvalue weighted by molar-refractivity contribution is -0.141. The van der Waals surface area contributed by atoms with Crippen LogP contribution < -0.4 is 0 Å². The summed E-state index contributed by atoms with van der Waals surface area (Å²) in [6.45, 7) is 2.02. The molecule has 1 aromatic rings. The first kappa shape index (κ1) is 15.0. The molecule has 0 unspecified atom stereocenters. The van der Waals surface area contributed by atoms with Gasteiger partial charge in [0, 0.05) is 6.20 Å². The van der Waals surface area contributed by atoms with Gasteiger partial charge >= 0.3 is 11.9 Å². The SMILES string of the molecule is CCOC(=O)CC#Cc1cc(C(=O)OC)cnc1Cl. The summed E-state index contributed by atoms with van der Waals surface area (Å²) in [6, 6.07) is 1.46. The van der Waals surface area contributed by atoms with Crippen LogP contribution in [-0.4, -0.2) is 30.6 Å². The van der Waals surface area contributed by atoms with Crippen LogP contribution >= 0.6 is 11.6 Å². The van der Waals surface area contributed by atoms with E-state index in [-0.39, 0.29) is 17.1 Å². The van der Waals surface area contributed by atoms with Crippen molar-refractivity contribution in [3.8, 4) is 11.8 Å². The number of hydrogen-bond donors (Lipinski definition) is 0. The van der Waals surface area contributed by atoms with Crippen molar-refractivity contribution in [2.45, 2.75) is 13.3 Å². The molecule has 0 N–H and O–H groups in total. The first-order valence-electron chi connectivity index (χ1n) is 5.46. The molecule has 0 spiro atoms. The maximum atomic E-state index is 11.3. The van der Waals surface area contributed by atoms with Crippen LogP contribution in [0.1, 0.15) is 29.3 Å². The van der Waals surface area contributed by atoms with Gasteiger partial charge < -0.3 is 9.47 Å². The third-order valence-electron chi connectivity index (χ3n) is 2.02. The first-order valence-corrected chi connectivity index (χ1v) is 5.84. The Morgan fingerprint density at radius 1 is 1.47 bits per heavy atom. The number of rotatable bonds is 3. The Morgan fingerprint density at radius 2 is 2.21 bits per heavy atom. The number of methoxy groups -OCH3 is 1. The fourth-order valence-corrected chi connectivity index (χ4v) is 1.34.